The van der Waals surface area contributed by atoms with Crippen molar-refractivity contribution in [1.29, 1.82) is 0 Å². The van der Waals surface area contributed by atoms with Crippen molar-refractivity contribution < 1.29 is 78.7 Å². The molecule has 0 saturated carbocycles. The molecule has 3 N–H and O–H groups in total. The van der Waals surface area contributed by atoms with Crippen molar-refractivity contribution in [3.63, 3.8) is 0 Å². The van der Waals surface area contributed by atoms with Crippen LogP contribution in [0.5, 0.6) is 0 Å². The van der Waals surface area contributed by atoms with Crippen molar-refractivity contribution >= 4 is 40.4 Å². The van der Waals surface area contributed by atoms with E-state index in [0.717, 1.165) is 0 Å². The third kappa shape index (κ3) is 182. The van der Waals surface area contributed by atoms with Gasteiger partial charge in [0.15, 0.2) is 0 Å². The zero-order valence-corrected chi connectivity index (χ0v) is 35.5. The van der Waals surface area contributed by atoms with Gasteiger partial charge in [-0.3, -0.25) is 0 Å². The molecule has 50 heavy (non-hydrogen) atoms. The van der Waals surface area contributed by atoms with Gasteiger partial charge in [0.25, 0.3) is 0 Å². The molecule has 0 rings (SSSR count). The summed E-state index contributed by atoms with van der Waals surface area (Å²) in [6.45, 7) is 23.4. The van der Waals surface area contributed by atoms with Gasteiger partial charge in [0, 0.05) is 85.9 Å². The van der Waals surface area contributed by atoms with Gasteiger partial charge in [0.1, 0.15) is 0 Å². The van der Waals surface area contributed by atoms with Gasteiger partial charge in [-0.25, -0.2) is 0 Å². The normalized spacial score (nSPS) is 8.64. The summed E-state index contributed by atoms with van der Waals surface area (Å²) in [5, 5.41) is 72.0. The first-order valence-corrected chi connectivity index (χ1v) is 16.7. The number of aliphatic hydroxyl groups is 3. The van der Waals surface area contributed by atoms with E-state index in [0.29, 0.717) is 106 Å². The van der Waals surface area contributed by atoms with E-state index in [1.165, 1.54) is 0 Å². The van der Waals surface area contributed by atoms with E-state index in [1.54, 1.807) is 0 Å². The molecule has 0 fully saturated rings. The number of hydrogen-bond acceptors (Lipinski definition) is 16. The summed E-state index contributed by atoms with van der Waals surface area (Å²) in [4.78, 5) is 0. The van der Waals surface area contributed by atoms with Crippen LogP contribution in [-0.4, -0.2) is 214 Å². The van der Waals surface area contributed by atoms with Gasteiger partial charge < -0.3 is 78.7 Å². The summed E-state index contributed by atoms with van der Waals surface area (Å²) in [5.74, 6) is 0. The van der Waals surface area contributed by atoms with Crippen LogP contribution < -0.4 is 25.5 Å². The molecule has 18 heteroatoms. The van der Waals surface area contributed by atoms with Crippen LogP contribution in [0.3, 0.4) is 0 Å². The van der Waals surface area contributed by atoms with E-state index in [2.05, 4.69) is 23.7 Å². The monoisotopic (exact) mass is 766 g/mol. The standard InChI is InChI=1S/3C4H10O2.5C4H9O2.Al.Mg/c8*1-2-6-4-3-5;;/h3*5H,2-4H2,1H3;5*2-4H2,1H3;;/q;;;5*-1;+3;+2. The number of ether oxygens (including phenoxy) is 8. The molecule has 0 spiro atoms. The Balaban J connectivity index is -0.0000000455. The molecule has 0 aromatic rings. The maximum absolute atomic E-state index is 9.56. The smallest absolute Gasteiger partial charge is 0.853 e. The Kier molecular flexibility index (Phi) is 167. The zero-order chi connectivity index (χ0) is 38.6. The van der Waals surface area contributed by atoms with E-state index in [9.17, 15) is 25.5 Å². The molecule has 0 atom stereocenters. The van der Waals surface area contributed by atoms with Gasteiger partial charge in [-0.1, -0.05) is 0 Å². The minimum absolute atomic E-state index is 0. The zero-order valence-electron chi connectivity index (χ0n) is 32.9. The number of aliphatic hydroxyl groups excluding tert-OH is 3. The summed E-state index contributed by atoms with van der Waals surface area (Å²) in [6, 6.07) is 0. The van der Waals surface area contributed by atoms with Crippen molar-refractivity contribution in [2.75, 3.05) is 159 Å². The second-order valence-electron chi connectivity index (χ2n) is 7.27. The Labute approximate surface area is 331 Å². The maximum Gasteiger partial charge on any atom is 3.00 e. The molecule has 304 valence electrons. The fourth-order valence-electron chi connectivity index (χ4n) is 1.64. The van der Waals surface area contributed by atoms with E-state index >= 15 is 0 Å². The summed E-state index contributed by atoms with van der Waals surface area (Å²) in [5.41, 5.74) is 0. The molecule has 16 nitrogen and oxygen atoms in total. The van der Waals surface area contributed by atoms with Crippen molar-refractivity contribution in [3.8, 4) is 0 Å². The van der Waals surface area contributed by atoms with Crippen LogP contribution in [0.4, 0.5) is 0 Å². The Bertz CT molecular complexity index is 250. The predicted molar refractivity (Wildman–Crippen MR) is 189 cm³/mol. The topological polar surface area (TPSA) is 250 Å². The van der Waals surface area contributed by atoms with Gasteiger partial charge >= 0.3 is 40.4 Å². The molecule has 0 aromatic carbocycles. The molecule has 0 bridgehead atoms. The summed E-state index contributed by atoms with van der Waals surface area (Å²) >= 11 is 0. The van der Waals surface area contributed by atoms with E-state index in [1.807, 2.05) is 55.4 Å². The first kappa shape index (κ1) is 75.6. The fourth-order valence-corrected chi connectivity index (χ4v) is 1.64. The minimum Gasteiger partial charge on any atom is -0.853 e. The molecule has 0 amide bonds. The van der Waals surface area contributed by atoms with Crippen LogP contribution in [0.15, 0.2) is 0 Å². The average molecular weight is 767 g/mol. The molecule has 0 aromatic heterocycles. The fraction of sp³-hybridized carbons (Fsp3) is 1.00. The first-order chi connectivity index (χ1) is 23.3. The van der Waals surface area contributed by atoms with Crippen LogP contribution in [0.2, 0.25) is 0 Å². The molecule has 0 saturated heterocycles. The molecular weight excluding hydrogens is 692 g/mol. The molecule has 0 aliphatic heterocycles. The van der Waals surface area contributed by atoms with E-state index < -0.39 is 0 Å². The third-order valence-electron chi connectivity index (χ3n) is 3.48. The predicted octanol–water partition coefficient (Wildman–Crippen LogP) is -3.80. The van der Waals surface area contributed by atoms with Gasteiger partial charge in [-0.15, -0.1) is 33.0 Å². The molecule has 0 unspecified atom stereocenters. The maximum atomic E-state index is 9.56. The molecular formula is C32H75AlMgO16. The van der Waals surface area contributed by atoms with Crippen LogP contribution in [-0.2, 0) is 37.9 Å². The second kappa shape index (κ2) is 110. The largest absolute Gasteiger partial charge is 3.00 e. The van der Waals surface area contributed by atoms with Crippen LogP contribution in [0.1, 0.15) is 55.4 Å². The van der Waals surface area contributed by atoms with Gasteiger partial charge in [0.2, 0.25) is 0 Å². The van der Waals surface area contributed by atoms with Crippen LogP contribution in [0.25, 0.3) is 0 Å². The second-order valence-corrected chi connectivity index (χ2v) is 7.27. The van der Waals surface area contributed by atoms with Crippen LogP contribution in [0, 0.1) is 0 Å². The SMILES string of the molecule is CCOCCO.CCOCCO.CCOCCO.CCOCC[O-].CCOCC[O-].CCOCC[O-].CCOCC[O-].CCOCC[O-].[Al+3].[Mg+2]. The van der Waals surface area contributed by atoms with E-state index in [4.69, 9.17) is 29.5 Å². The Morgan fingerprint density at radius 2 is 0.420 bits per heavy atom. The molecule has 0 aliphatic carbocycles. The van der Waals surface area contributed by atoms with Gasteiger partial charge in [-0.05, 0) is 55.4 Å². The van der Waals surface area contributed by atoms with Crippen molar-refractivity contribution in [3.05, 3.63) is 0 Å². The molecule has 0 aliphatic rings. The van der Waals surface area contributed by atoms with E-state index in [-0.39, 0.29) is 93.3 Å². The average Bonchev–Trinajstić information content (AvgIpc) is 3.12. The van der Waals surface area contributed by atoms with Crippen molar-refractivity contribution in [2.24, 2.45) is 0 Å². The first-order valence-electron chi connectivity index (χ1n) is 16.7. The van der Waals surface area contributed by atoms with Crippen molar-refractivity contribution in [2.45, 2.75) is 55.4 Å². The third-order valence-corrected chi connectivity index (χ3v) is 3.48. The molecule has 0 heterocycles. The summed E-state index contributed by atoms with van der Waals surface area (Å²) < 4.78 is 37.5. The Hall–Kier alpha value is 0.659. The number of rotatable bonds is 24. The van der Waals surface area contributed by atoms with Gasteiger partial charge in [0.05, 0.1) is 39.6 Å². The summed E-state index contributed by atoms with van der Waals surface area (Å²) in [7, 11) is 0. The Morgan fingerprint density at radius 1 is 0.300 bits per heavy atom. The Morgan fingerprint density at radius 3 is 0.460 bits per heavy atom. The summed E-state index contributed by atoms with van der Waals surface area (Å²) in [6.07, 6.45) is 0. The van der Waals surface area contributed by atoms with Crippen molar-refractivity contribution in [1.82, 2.24) is 0 Å². The quantitative estimate of drug-likeness (QED) is 0.0629. The van der Waals surface area contributed by atoms with Crippen LogP contribution >= 0.6 is 0 Å². The number of hydrogen-bond donors (Lipinski definition) is 3. The molecule has 0 radical (unpaired) electrons. The van der Waals surface area contributed by atoms with Gasteiger partial charge in [-0.2, -0.15) is 0 Å². The minimum atomic E-state index is -0.117.